The van der Waals surface area contributed by atoms with Gasteiger partial charge in [-0.3, -0.25) is 4.90 Å². The van der Waals surface area contributed by atoms with E-state index >= 15 is 0 Å². The lowest BCUT2D eigenvalue weighted by atomic mass is 9.73. The van der Waals surface area contributed by atoms with E-state index in [1.807, 2.05) is 6.92 Å². The van der Waals surface area contributed by atoms with Gasteiger partial charge in [-0.2, -0.15) is 0 Å². The number of likely N-dealkylation sites (N-methyl/N-ethyl adjacent to an activating group) is 1. The summed E-state index contributed by atoms with van der Waals surface area (Å²) in [7, 11) is 2.17. The minimum atomic E-state index is -0.526. The third kappa shape index (κ3) is 2.95. The molecule has 2 rings (SSSR count). The van der Waals surface area contributed by atoms with Crippen molar-refractivity contribution in [1.82, 2.24) is 9.80 Å². The lowest BCUT2D eigenvalue weighted by Gasteiger charge is -2.48. The van der Waals surface area contributed by atoms with Gasteiger partial charge in [-0.05, 0) is 46.1 Å². The van der Waals surface area contributed by atoms with Crippen molar-refractivity contribution in [1.29, 1.82) is 0 Å². The Balaban J connectivity index is 2.04. The van der Waals surface area contributed by atoms with E-state index in [0.717, 1.165) is 45.4 Å². The first kappa shape index (κ1) is 14.0. The third-order valence-corrected chi connectivity index (χ3v) is 4.90. The lowest BCUT2D eigenvalue weighted by molar-refractivity contribution is -0.0784. The molecule has 1 saturated heterocycles. The minimum absolute atomic E-state index is 0.307. The fourth-order valence-electron chi connectivity index (χ4n) is 3.40. The van der Waals surface area contributed by atoms with Crippen LogP contribution in [-0.2, 0) is 0 Å². The molecule has 1 saturated carbocycles. The molecule has 0 aromatic rings. The van der Waals surface area contributed by atoms with Crippen molar-refractivity contribution < 1.29 is 5.11 Å². The summed E-state index contributed by atoms with van der Waals surface area (Å²) in [6, 6.07) is 0.307. The van der Waals surface area contributed by atoms with Crippen LogP contribution in [0.4, 0.5) is 0 Å². The first-order chi connectivity index (χ1) is 8.40. The van der Waals surface area contributed by atoms with Gasteiger partial charge in [0.1, 0.15) is 0 Å². The van der Waals surface area contributed by atoms with Crippen LogP contribution in [-0.4, -0.2) is 59.8 Å². The molecule has 0 amide bonds. The zero-order valence-electron chi connectivity index (χ0n) is 12.2. The van der Waals surface area contributed by atoms with Crippen molar-refractivity contribution in [2.24, 2.45) is 5.92 Å². The van der Waals surface area contributed by atoms with Crippen molar-refractivity contribution in [2.45, 2.75) is 44.8 Å². The zero-order chi connectivity index (χ0) is 13.3. The van der Waals surface area contributed by atoms with E-state index in [0.29, 0.717) is 12.0 Å². The van der Waals surface area contributed by atoms with E-state index < -0.39 is 5.60 Å². The van der Waals surface area contributed by atoms with E-state index in [-0.39, 0.29) is 0 Å². The van der Waals surface area contributed by atoms with Crippen LogP contribution in [0.1, 0.15) is 33.1 Å². The van der Waals surface area contributed by atoms with E-state index in [1.54, 1.807) is 0 Å². The number of piperazine rings is 1. The average Bonchev–Trinajstić information content (AvgIpc) is 2.30. The molecule has 2 aliphatic rings. The van der Waals surface area contributed by atoms with Crippen molar-refractivity contribution in [2.75, 3.05) is 33.2 Å². The highest BCUT2D eigenvalue weighted by Gasteiger charge is 2.42. The summed E-state index contributed by atoms with van der Waals surface area (Å²) in [6.45, 7) is 12.7. The maximum absolute atomic E-state index is 10.7. The molecule has 1 heterocycles. The predicted octanol–water partition coefficient (Wildman–Crippen LogP) is 1.73. The molecule has 1 N–H and O–H groups in total. The normalized spacial score (nSPS) is 39.8. The van der Waals surface area contributed by atoms with Crippen molar-refractivity contribution in [3.05, 3.63) is 12.2 Å². The van der Waals surface area contributed by atoms with Gasteiger partial charge >= 0.3 is 0 Å². The molecular formula is C15H28N2O. The third-order valence-electron chi connectivity index (χ3n) is 4.90. The number of aliphatic hydroxyl groups is 1. The standard InChI is InChI=1S/C15H28N2O/c1-12(2)13-5-6-15(3,18)14(11-13)17-9-7-16(4)8-10-17/h13-14,18H,1,5-11H2,2-4H3. The summed E-state index contributed by atoms with van der Waals surface area (Å²) in [5, 5.41) is 10.7. The fraction of sp³-hybridized carbons (Fsp3) is 0.867. The smallest absolute Gasteiger partial charge is 0.0774 e. The topological polar surface area (TPSA) is 26.7 Å². The Kier molecular flexibility index (Phi) is 4.15. The van der Waals surface area contributed by atoms with Gasteiger partial charge in [0.2, 0.25) is 0 Å². The van der Waals surface area contributed by atoms with Gasteiger partial charge in [0.25, 0.3) is 0 Å². The summed E-state index contributed by atoms with van der Waals surface area (Å²) >= 11 is 0. The second kappa shape index (κ2) is 5.32. The van der Waals surface area contributed by atoms with Crippen LogP contribution >= 0.6 is 0 Å². The molecule has 3 atom stereocenters. The Bertz CT molecular complexity index is 306. The molecule has 0 aromatic heterocycles. The number of hydrogen-bond donors (Lipinski definition) is 1. The molecule has 104 valence electrons. The second-order valence-corrected chi connectivity index (χ2v) is 6.53. The molecule has 1 aliphatic carbocycles. The number of nitrogens with zero attached hydrogens (tertiary/aromatic N) is 2. The van der Waals surface area contributed by atoms with E-state index in [4.69, 9.17) is 0 Å². The summed E-state index contributed by atoms with van der Waals surface area (Å²) < 4.78 is 0. The molecule has 3 unspecified atom stereocenters. The fourth-order valence-corrected chi connectivity index (χ4v) is 3.40. The van der Waals surface area contributed by atoms with Gasteiger partial charge in [0.05, 0.1) is 5.60 Å². The van der Waals surface area contributed by atoms with Crippen molar-refractivity contribution >= 4 is 0 Å². The minimum Gasteiger partial charge on any atom is -0.389 e. The molecule has 0 radical (unpaired) electrons. The highest BCUT2D eigenvalue weighted by Crippen LogP contribution is 2.38. The van der Waals surface area contributed by atoms with Gasteiger partial charge in [0.15, 0.2) is 0 Å². The van der Waals surface area contributed by atoms with Crippen LogP contribution in [0.15, 0.2) is 12.2 Å². The van der Waals surface area contributed by atoms with Crippen LogP contribution in [0, 0.1) is 5.92 Å². The predicted molar refractivity (Wildman–Crippen MR) is 75.6 cm³/mol. The first-order valence-corrected chi connectivity index (χ1v) is 7.20. The largest absolute Gasteiger partial charge is 0.389 e. The monoisotopic (exact) mass is 252 g/mol. The molecule has 0 aromatic carbocycles. The van der Waals surface area contributed by atoms with Crippen molar-refractivity contribution in [3.63, 3.8) is 0 Å². The summed E-state index contributed by atoms with van der Waals surface area (Å²) in [4.78, 5) is 4.86. The van der Waals surface area contributed by atoms with Gasteiger partial charge in [0, 0.05) is 32.2 Å². The summed E-state index contributed by atoms with van der Waals surface area (Å²) in [6.07, 6.45) is 3.07. The van der Waals surface area contributed by atoms with Crippen molar-refractivity contribution in [3.8, 4) is 0 Å². The SMILES string of the molecule is C=C(C)C1CCC(C)(O)C(N2CCN(C)CC2)C1. The molecule has 0 bridgehead atoms. The van der Waals surface area contributed by atoms with E-state index in [1.165, 1.54) is 5.57 Å². The lowest BCUT2D eigenvalue weighted by Crippen LogP contribution is -2.59. The molecule has 18 heavy (non-hydrogen) atoms. The number of allylic oxidation sites excluding steroid dienone is 1. The van der Waals surface area contributed by atoms with E-state index in [9.17, 15) is 5.11 Å². The summed E-state index contributed by atoms with van der Waals surface area (Å²) in [5.74, 6) is 0.592. The molecule has 3 heteroatoms. The maximum atomic E-state index is 10.7. The Hall–Kier alpha value is -0.380. The summed E-state index contributed by atoms with van der Waals surface area (Å²) in [5.41, 5.74) is 0.756. The quantitative estimate of drug-likeness (QED) is 0.758. The highest BCUT2D eigenvalue weighted by atomic mass is 16.3. The molecule has 3 nitrogen and oxygen atoms in total. The molecule has 2 fully saturated rings. The van der Waals surface area contributed by atoms with Gasteiger partial charge in [-0.15, -0.1) is 0 Å². The zero-order valence-corrected chi connectivity index (χ0v) is 12.2. The molecule has 1 aliphatic heterocycles. The Morgan fingerprint density at radius 3 is 2.44 bits per heavy atom. The van der Waals surface area contributed by atoms with Gasteiger partial charge in [-0.25, -0.2) is 0 Å². The average molecular weight is 252 g/mol. The Labute approximate surface area is 111 Å². The van der Waals surface area contributed by atoms with Crippen LogP contribution < -0.4 is 0 Å². The van der Waals surface area contributed by atoms with Crippen LogP contribution in [0.5, 0.6) is 0 Å². The van der Waals surface area contributed by atoms with Crippen LogP contribution in [0.25, 0.3) is 0 Å². The molecule has 0 spiro atoms. The number of hydrogen-bond acceptors (Lipinski definition) is 3. The van der Waals surface area contributed by atoms with Gasteiger partial charge in [-0.1, -0.05) is 12.2 Å². The first-order valence-electron chi connectivity index (χ1n) is 7.20. The Morgan fingerprint density at radius 2 is 1.89 bits per heavy atom. The molecular weight excluding hydrogens is 224 g/mol. The van der Waals surface area contributed by atoms with Crippen LogP contribution in [0.2, 0.25) is 0 Å². The second-order valence-electron chi connectivity index (χ2n) is 6.53. The highest BCUT2D eigenvalue weighted by molar-refractivity contribution is 5.05. The van der Waals surface area contributed by atoms with E-state index in [2.05, 4.69) is 30.4 Å². The van der Waals surface area contributed by atoms with Crippen LogP contribution in [0.3, 0.4) is 0 Å². The van der Waals surface area contributed by atoms with Gasteiger partial charge < -0.3 is 10.0 Å². The maximum Gasteiger partial charge on any atom is 0.0774 e. The Morgan fingerprint density at radius 1 is 1.28 bits per heavy atom. The number of rotatable bonds is 2.